The molecular weight excluding hydrogens is 298 g/mol. The molecule has 0 aliphatic heterocycles. The minimum Gasteiger partial charge on any atom is -0.385 e. The van der Waals surface area contributed by atoms with E-state index >= 15 is 0 Å². The van der Waals surface area contributed by atoms with Gasteiger partial charge in [-0.3, -0.25) is 0 Å². The highest BCUT2D eigenvalue weighted by Crippen LogP contribution is 2.27. The number of quaternary nitrogens is 1. The zero-order valence-electron chi connectivity index (χ0n) is 13.7. The van der Waals surface area contributed by atoms with Gasteiger partial charge in [0.05, 0.1) is 19.3 Å². The largest absolute Gasteiger partial charge is 0.385 e. The third-order valence-electron chi connectivity index (χ3n) is 5.01. The second-order valence-electron chi connectivity index (χ2n) is 6.66. The molecule has 4 atom stereocenters. The Labute approximate surface area is 139 Å². The molecule has 1 aromatic carbocycles. The van der Waals surface area contributed by atoms with Gasteiger partial charge in [0.25, 0.3) is 0 Å². The Morgan fingerprint density at radius 1 is 1.32 bits per heavy atom. The molecule has 0 spiro atoms. The number of halogens is 1. The Hall–Kier alpha value is -0.610. The summed E-state index contributed by atoms with van der Waals surface area (Å²) >= 11 is 6.08. The highest BCUT2D eigenvalue weighted by Gasteiger charge is 2.29. The van der Waals surface area contributed by atoms with E-state index in [0.29, 0.717) is 30.8 Å². The number of hydrogen-bond donors (Lipinski definition) is 2. The molecule has 2 rings (SSSR count). The molecule has 1 aromatic rings. The van der Waals surface area contributed by atoms with Crippen LogP contribution in [-0.4, -0.2) is 30.4 Å². The molecule has 1 saturated carbocycles. The molecule has 0 radical (unpaired) electrons. The molecule has 0 heterocycles. The Bertz CT molecular complexity index is 454. The van der Waals surface area contributed by atoms with Crippen molar-refractivity contribution in [3.8, 4) is 0 Å². The Kier molecular flexibility index (Phi) is 7.16. The van der Waals surface area contributed by atoms with Gasteiger partial charge in [-0.15, -0.1) is 0 Å². The van der Waals surface area contributed by atoms with Crippen molar-refractivity contribution in [2.75, 3.05) is 13.2 Å². The van der Waals surface area contributed by atoms with E-state index in [-0.39, 0.29) is 0 Å². The third kappa shape index (κ3) is 5.24. The minimum atomic E-state index is -0.424. The van der Waals surface area contributed by atoms with Crippen LogP contribution in [0.15, 0.2) is 24.3 Å². The van der Waals surface area contributed by atoms with E-state index in [0.717, 1.165) is 17.4 Å². The van der Waals surface area contributed by atoms with Crippen LogP contribution in [0.25, 0.3) is 0 Å². The first kappa shape index (κ1) is 17.7. The maximum Gasteiger partial charge on any atom is 0.126 e. The van der Waals surface area contributed by atoms with Gasteiger partial charge in [-0.2, -0.15) is 0 Å². The highest BCUT2D eigenvalue weighted by molar-refractivity contribution is 6.31. The van der Waals surface area contributed by atoms with Crippen molar-refractivity contribution in [2.45, 2.75) is 51.9 Å². The zero-order chi connectivity index (χ0) is 15.9. The van der Waals surface area contributed by atoms with Crippen LogP contribution in [0.2, 0.25) is 5.02 Å². The molecule has 124 valence electrons. The first-order valence-corrected chi connectivity index (χ1v) is 8.78. The van der Waals surface area contributed by atoms with Gasteiger partial charge in [0.2, 0.25) is 0 Å². The van der Waals surface area contributed by atoms with Gasteiger partial charge in [0.15, 0.2) is 0 Å². The summed E-state index contributed by atoms with van der Waals surface area (Å²) in [6.45, 7) is 6.20. The fourth-order valence-corrected chi connectivity index (χ4v) is 3.47. The van der Waals surface area contributed by atoms with E-state index in [1.807, 2.05) is 24.3 Å². The van der Waals surface area contributed by atoms with Crippen LogP contribution in [0.5, 0.6) is 0 Å². The summed E-state index contributed by atoms with van der Waals surface area (Å²) in [5.41, 5.74) is 0.968. The lowest BCUT2D eigenvalue weighted by Gasteiger charge is -2.32. The van der Waals surface area contributed by atoms with Gasteiger partial charge in [0, 0.05) is 10.9 Å². The fourth-order valence-electron chi connectivity index (χ4n) is 3.28. The summed E-state index contributed by atoms with van der Waals surface area (Å²) < 4.78 is 5.60. The topological polar surface area (TPSA) is 46.1 Å². The number of hydrogen-bond acceptors (Lipinski definition) is 2. The fraction of sp³-hybridized carbons (Fsp3) is 0.667. The van der Waals surface area contributed by atoms with Crippen LogP contribution in [-0.2, 0) is 11.3 Å². The van der Waals surface area contributed by atoms with Gasteiger partial charge in [-0.05, 0) is 36.8 Å². The first-order valence-electron chi connectivity index (χ1n) is 8.40. The van der Waals surface area contributed by atoms with Crippen molar-refractivity contribution < 1.29 is 15.2 Å². The maximum atomic E-state index is 10.1. The second kappa shape index (κ2) is 8.88. The van der Waals surface area contributed by atoms with Gasteiger partial charge < -0.3 is 15.2 Å². The summed E-state index contributed by atoms with van der Waals surface area (Å²) in [6.07, 6.45) is 3.49. The van der Waals surface area contributed by atoms with Crippen molar-refractivity contribution in [1.29, 1.82) is 0 Å². The molecule has 0 amide bonds. The van der Waals surface area contributed by atoms with E-state index in [4.69, 9.17) is 16.3 Å². The summed E-state index contributed by atoms with van der Waals surface area (Å²) in [5, 5.41) is 13.1. The zero-order valence-corrected chi connectivity index (χ0v) is 14.4. The average molecular weight is 327 g/mol. The van der Waals surface area contributed by atoms with E-state index in [1.54, 1.807) is 0 Å². The van der Waals surface area contributed by atoms with Gasteiger partial charge in [-0.1, -0.05) is 43.6 Å². The highest BCUT2D eigenvalue weighted by atomic mass is 35.5. The van der Waals surface area contributed by atoms with Crippen LogP contribution in [0.4, 0.5) is 0 Å². The normalized spacial score (nSPS) is 26.8. The standard InChI is InChI=1S/C18H28ClNO2/c1-13-6-5-9-18(14(13)2)20-10-16(21)12-22-11-15-7-3-4-8-17(15)19/h3-4,7-8,13-14,16,18,20-21H,5-6,9-12H2,1-2H3/p+1/t13-,14-,16+,18-/m1/s1. The van der Waals surface area contributed by atoms with Crippen LogP contribution in [0.3, 0.4) is 0 Å². The average Bonchev–Trinajstić information content (AvgIpc) is 2.51. The Balaban J connectivity index is 1.66. The molecule has 0 unspecified atom stereocenters. The van der Waals surface area contributed by atoms with Crippen molar-refractivity contribution in [3.63, 3.8) is 0 Å². The molecule has 0 aromatic heterocycles. The number of ether oxygens (including phenoxy) is 1. The number of aliphatic hydroxyl groups is 1. The van der Waals surface area contributed by atoms with Crippen LogP contribution in [0.1, 0.15) is 38.7 Å². The Morgan fingerprint density at radius 3 is 2.86 bits per heavy atom. The number of aliphatic hydroxyl groups excluding tert-OH is 1. The third-order valence-corrected chi connectivity index (χ3v) is 5.38. The maximum absolute atomic E-state index is 10.1. The molecule has 22 heavy (non-hydrogen) atoms. The van der Waals surface area contributed by atoms with Crippen LogP contribution >= 0.6 is 11.6 Å². The van der Waals surface area contributed by atoms with E-state index < -0.39 is 6.10 Å². The van der Waals surface area contributed by atoms with Gasteiger partial charge in [-0.25, -0.2) is 0 Å². The minimum absolute atomic E-state index is 0.360. The summed E-state index contributed by atoms with van der Waals surface area (Å²) in [7, 11) is 0. The first-order chi connectivity index (χ1) is 10.6. The molecule has 4 heteroatoms. The summed E-state index contributed by atoms with van der Waals surface area (Å²) in [6, 6.07) is 8.30. The molecule has 0 saturated heterocycles. The predicted octanol–water partition coefficient (Wildman–Crippen LogP) is 2.61. The predicted molar refractivity (Wildman–Crippen MR) is 89.9 cm³/mol. The van der Waals surface area contributed by atoms with Crippen molar-refractivity contribution in [2.24, 2.45) is 11.8 Å². The molecule has 1 aliphatic carbocycles. The summed E-state index contributed by atoms with van der Waals surface area (Å²) in [5.74, 6) is 1.52. The molecule has 0 bridgehead atoms. The molecule has 3 nitrogen and oxygen atoms in total. The lowest BCUT2D eigenvalue weighted by Crippen LogP contribution is -2.93. The van der Waals surface area contributed by atoms with Crippen molar-refractivity contribution >= 4 is 11.6 Å². The number of rotatable bonds is 7. The van der Waals surface area contributed by atoms with E-state index in [9.17, 15) is 5.11 Å². The van der Waals surface area contributed by atoms with Gasteiger partial charge in [0.1, 0.15) is 12.6 Å². The lowest BCUT2D eigenvalue weighted by atomic mass is 9.78. The lowest BCUT2D eigenvalue weighted by molar-refractivity contribution is -0.704. The van der Waals surface area contributed by atoms with E-state index in [1.165, 1.54) is 19.3 Å². The Morgan fingerprint density at radius 2 is 2.09 bits per heavy atom. The molecular formula is C18H29ClNO2+. The van der Waals surface area contributed by atoms with Crippen LogP contribution in [0, 0.1) is 11.8 Å². The molecule has 1 fully saturated rings. The van der Waals surface area contributed by atoms with Crippen LogP contribution < -0.4 is 5.32 Å². The van der Waals surface area contributed by atoms with Crippen molar-refractivity contribution in [1.82, 2.24) is 0 Å². The quantitative estimate of drug-likeness (QED) is 0.809. The van der Waals surface area contributed by atoms with Crippen molar-refractivity contribution in [3.05, 3.63) is 34.9 Å². The number of benzene rings is 1. The molecule has 1 aliphatic rings. The monoisotopic (exact) mass is 326 g/mol. The second-order valence-corrected chi connectivity index (χ2v) is 7.07. The van der Waals surface area contributed by atoms with E-state index in [2.05, 4.69) is 19.2 Å². The number of nitrogens with two attached hydrogens (primary N) is 1. The SMILES string of the molecule is C[C@@H]1[C@H](C)CCC[C@H]1[NH2+]C[C@H](O)COCc1ccccc1Cl. The summed E-state index contributed by atoms with van der Waals surface area (Å²) in [4.78, 5) is 0. The smallest absolute Gasteiger partial charge is 0.126 e. The molecule has 3 N–H and O–H groups in total. The van der Waals surface area contributed by atoms with Gasteiger partial charge >= 0.3 is 0 Å².